The van der Waals surface area contributed by atoms with E-state index in [-0.39, 0.29) is 12.6 Å². The van der Waals surface area contributed by atoms with Crippen LogP contribution in [-0.2, 0) is 6.54 Å². The Morgan fingerprint density at radius 3 is 2.92 bits per heavy atom. The Hall–Kier alpha value is -3.42. The van der Waals surface area contributed by atoms with Gasteiger partial charge in [-0.1, -0.05) is 17.3 Å². The Balaban J connectivity index is 1.58. The molecular weight excluding hydrogens is 308 g/mol. The van der Waals surface area contributed by atoms with Crippen LogP contribution in [0.5, 0.6) is 5.75 Å². The molecule has 8 nitrogen and oxygen atoms in total. The molecule has 0 radical (unpaired) electrons. The third kappa shape index (κ3) is 3.67. The molecule has 0 spiro atoms. The van der Waals surface area contributed by atoms with Gasteiger partial charge >= 0.3 is 6.03 Å². The number of pyridine rings is 1. The molecule has 2 N–H and O–H groups in total. The van der Waals surface area contributed by atoms with E-state index >= 15 is 0 Å². The minimum atomic E-state index is -0.351. The minimum absolute atomic E-state index is 0.251. The predicted octanol–water partition coefficient (Wildman–Crippen LogP) is 1.99. The van der Waals surface area contributed by atoms with Crippen LogP contribution in [0.25, 0.3) is 5.69 Å². The Morgan fingerprint density at radius 2 is 2.12 bits per heavy atom. The molecule has 0 saturated carbocycles. The maximum atomic E-state index is 12.0. The molecule has 0 unspecified atom stereocenters. The van der Waals surface area contributed by atoms with E-state index in [1.165, 1.54) is 0 Å². The number of anilines is 1. The Kier molecular flexibility index (Phi) is 4.66. The molecule has 0 aliphatic heterocycles. The maximum absolute atomic E-state index is 12.0. The van der Waals surface area contributed by atoms with Crippen LogP contribution in [0.15, 0.2) is 55.0 Å². The Morgan fingerprint density at radius 1 is 1.25 bits per heavy atom. The van der Waals surface area contributed by atoms with Crippen molar-refractivity contribution < 1.29 is 9.53 Å². The van der Waals surface area contributed by atoms with Crippen molar-refractivity contribution in [2.24, 2.45) is 0 Å². The van der Waals surface area contributed by atoms with Crippen molar-refractivity contribution >= 4 is 11.7 Å². The average molecular weight is 324 g/mol. The quantitative estimate of drug-likeness (QED) is 0.748. The summed E-state index contributed by atoms with van der Waals surface area (Å²) in [4.78, 5) is 16.0. The zero-order valence-corrected chi connectivity index (χ0v) is 13.0. The van der Waals surface area contributed by atoms with Crippen molar-refractivity contribution in [1.82, 2.24) is 25.3 Å². The second kappa shape index (κ2) is 7.23. The Labute approximate surface area is 138 Å². The molecule has 0 fully saturated rings. The second-order valence-corrected chi connectivity index (χ2v) is 4.87. The number of hydrogen-bond acceptors (Lipinski definition) is 5. The molecule has 0 aliphatic rings. The summed E-state index contributed by atoms with van der Waals surface area (Å²) in [6.07, 6.45) is 5.10. The normalized spacial score (nSPS) is 10.2. The van der Waals surface area contributed by atoms with E-state index in [1.54, 1.807) is 42.5 Å². The molecule has 2 aromatic heterocycles. The number of aromatic nitrogens is 4. The van der Waals surface area contributed by atoms with Gasteiger partial charge in [0.25, 0.3) is 0 Å². The van der Waals surface area contributed by atoms with E-state index in [0.717, 1.165) is 5.69 Å². The third-order valence-corrected chi connectivity index (χ3v) is 3.24. The van der Waals surface area contributed by atoms with Crippen LogP contribution < -0.4 is 15.4 Å². The highest BCUT2D eigenvalue weighted by atomic mass is 16.5. The second-order valence-electron chi connectivity index (χ2n) is 4.87. The number of nitrogens with one attached hydrogen (secondary N) is 2. The van der Waals surface area contributed by atoms with Crippen molar-refractivity contribution in [1.29, 1.82) is 0 Å². The Bertz CT molecular complexity index is 818. The van der Waals surface area contributed by atoms with Gasteiger partial charge in [-0.3, -0.25) is 4.98 Å². The van der Waals surface area contributed by atoms with Crippen LogP contribution in [0.1, 0.15) is 5.69 Å². The molecule has 0 aliphatic carbocycles. The number of urea groups is 1. The number of hydrogen-bond donors (Lipinski definition) is 2. The first-order valence-electron chi connectivity index (χ1n) is 7.26. The number of nitrogens with zero attached hydrogens (tertiary/aromatic N) is 4. The van der Waals surface area contributed by atoms with E-state index in [9.17, 15) is 4.79 Å². The smallest absolute Gasteiger partial charge is 0.319 e. The lowest BCUT2D eigenvalue weighted by Gasteiger charge is -2.10. The summed E-state index contributed by atoms with van der Waals surface area (Å²) in [6, 6.07) is 10.5. The summed E-state index contributed by atoms with van der Waals surface area (Å²) in [5.41, 5.74) is 2.03. The maximum Gasteiger partial charge on any atom is 0.319 e. The van der Waals surface area contributed by atoms with E-state index in [1.807, 2.05) is 24.3 Å². The fourth-order valence-corrected chi connectivity index (χ4v) is 2.08. The highest BCUT2D eigenvalue weighted by molar-refractivity contribution is 5.90. The molecule has 24 heavy (non-hydrogen) atoms. The molecule has 1 aromatic carbocycles. The number of rotatable bonds is 5. The number of methoxy groups -OCH3 is 1. The van der Waals surface area contributed by atoms with Gasteiger partial charge in [0, 0.05) is 6.20 Å². The molecule has 3 rings (SSSR count). The summed E-state index contributed by atoms with van der Waals surface area (Å²) in [7, 11) is 1.55. The largest absolute Gasteiger partial charge is 0.495 e. The molecule has 3 aromatic rings. The molecule has 0 saturated heterocycles. The molecular formula is C16H16N6O2. The monoisotopic (exact) mass is 324 g/mol. The summed E-state index contributed by atoms with van der Waals surface area (Å²) < 4.78 is 6.79. The first-order valence-corrected chi connectivity index (χ1v) is 7.26. The average Bonchev–Trinajstić information content (AvgIpc) is 3.10. The molecule has 0 bridgehead atoms. The van der Waals surface area contributed by atoms with Crippen LogP contribution in [0.2, 0.25) is 0 Å². The lowest BCUT2D eigenvalue weighted by molar-refractivity contribution is 0.251. The van der Waals surface area contributed by atoms with Gasteiger partial charge < -0.3 is 15.4 Å². The topological polar surface area (TPSA) is 94.0 Å². The number of carbonyl (C=O) groups excluding carboxylic acids is 1. The van der Waals surface area contributed by atoms with Crippen molar-refractivity contribution in [3.63, 3.8) is 0 Å². The minimum Gasteiger partial charge on any atom is -0.495 e. The number of para-hydroxylation sites is 2. The highest BCUT2D eigenvalue weighted by Crippen LogP contribution is 2.22. The van der Waals surface area contributed by atoms with Gasteiger partial charge in [0.15, 0.2) is 0 Å². The highest BCUT2D eigenvalue weighted by Gasteiger charge is 2.08. The van der Waals surface area contributed by atoms with Crippen molar-refractivity contribution in [3.8, 4) is 11.4 Å². The van der Waals surface area contributed by atoms with Crippen LogP contribution >= 0.6 is 0 Å². The number of benzene rings is 1. The first kappa shape index (κ1) is 15.5. The van der Waals surface area contributed by atoms with E-state index in [0.29, 0.717) is 17.1 Å². The predicted molar refractivity (Wildman–Crippen MR) is 88.0 cm³/mol. The molecule has 0 atom stereocenters. The van der Waals surface area contributed by atoms with E-state index in [2.05, 4.69) is 25.9 Å². The van der Waals surface area contributed by atoms with Crippen molar-refractivity contribution in [3.05, 3.63) is 60.7 Å². The van der Waals surface area contributed by atoms with Gasteiger partial charge in [-0.25, -0.2) is 9.48 Å². The lowest BCUT2D eigenvalue weighted by Crippen LogP contribution is -2.28. The van der Waals surface area contributed by atoms with E-state index in [4.69, 9.17) is 4.74 Å². The van der Waals surface area contributed by atoms with Crippen LogP contribution in [0.4, 0.5) is 10.5 Å². The van der Waals surface area contributed by atoms with Gasteiger partial charge in [-0.15, -0.1) is 5.10 Å². The molecule has 2 amide bonds. The van der Waals surface area contributed by atoms with Gasteiger partial charge in [0.05, 0.1) is 37.4 Å². The summed E-state index contributed by atoms with van der Waals surface area (Å²) in [5, 5.41) is 13.5. The van der Waals surface area contributed by atoms with Gasteiger partial charge in [0.1, 0.15) is 11.4 Å². The van der Waals surface area contributed by atoms with Gasteiger partial charge in [0.2, 0.25) is 0 Å². The fraction of sp³-hybridized carbons (Fsp3) is 0.125. The van der Waals surface area contributed by atoms with E-state index < -0.39 is 0 Å². The summed E-state index contributed by atoms with van der Waals surface area (Å²) in [5.74, 6) is 0.593. The number of ether oxygens (including phenoxy) is 1. The standard InChI is InChI=1S/C16H16N6O2/c1-24-15-7-3-2-6-14(15)19-16(23)18-9-12-11-22(21-20-12)13-5-4-8-17-10-13/h2-8,10-11H,9H2,1H3,(H2,18,19,23). The van der Waals surface area contributed by atoms with Crippen LogP contribution in [-0.4, -0.2) is 33.1 Å². The third-order valence-electron chi connectivity index (χ3n) is 3.24. The van der Waals surface area contributed by atoms with Crippen molar-refractivity contribution in [2.45, 2.75) is 6.54 Å². The van der Waals surface area contributed by atoms with Gasteiger partial charge in [-0.05, 0) is 24.3 Å². The molecule has 122 valence electrons. The number of carbonyl (C=O) groups is 1. The molecule has 2 heterocycles. The van der Waals surface area contributed by atoms with Gasteiger partial charge in [-0.2, -0.15) is 0 Å². The summed E-state index contributed by atoms with van der Waals surface area (Å²) >= 11 is 0. The SMILES string of the molecule is COc1ccccc1NC(=O)NCc1cn(-c2cccnc2)nn1. The first-order chi connectivity index (χ1) is 11.8. The van der Waals surface area contributed by atoms with Crippen LogP contribution in [0.3, 0.4) is 0 Å². The fourth-order valence-electron chi connectivity index (χ4n) is 2.08. The molecule has 8 heteroatoms. The lowest BCUT2D eigenvalue weighted by atomic mass is 10.3. The van der Waals surface area contributed by atoms with Crippen LogP contribution in [0, 0.1) is 0 Å². The number of amides is 2. The van der Waals surface area contributed by atoms with Crippen molar-refractivity contribution in [2.75, 3.05) is 12.4 Å². The zero-order chi connectivity index (χ0) is 16.8. The zero-order valence-electron chi connectivity index (χ0n) is 13.0. The summed E-state index contributed by atoms with van der Waals surface area (Å²) in [6.45, 7) is 0.251.